The van der Waals surface area contributed by atoms with Crippen molar-refractivity contribution in [3.8, 4) is 0 Å². The molecule has 2 rings (SSSR count). The van der Waals surface area contributed by atoms with Crippen molar-refractivity contribution in [1.82, 2.24) is 10.2 Å². The Labute approximate surface area is 157 Å². The third-order valence-electron chi connectivity index (χ3n) is 2.71. The normalized spacial score (nSPS) is 11.3. The number of hydrogen-bond donors (Lipinski definition) is 1. The highest BCUT2D eigenvalue weighted by Gasteiger charge is 2.24. The summed E-state index contributed by atoms with van der Waals surface area (Å²) < 4.78 is 25.7. The summed E-state index contributed by atoms with van der Waals surface area (Å²) in [6.45, 7) is -0.465. The van der Waals surface area contributed by atoms with Crippen molar-refractivity contribution in [3.63, 3.8) is 0 Å². The standard InChI is InChI=1S/C12H12Cl2N4O3S3/c1-22-12-17-16-11(23-12)15-9(19)6-18(24(2,20)21)8-5-3-4-7(13)10(8)14/h3-5H,6H2,1-2H3,(H,15,16,19). The van der Waals surface area contributed by atoms with Gasteiger partial charge < -0.3 is 0 Å². The summed E-state index contributed by atoms with van der Waals surface area (Å²) in [7, 11) is -3.75. The molecule has 0 aliphatic rings. The van der Waals surface area contributed by atoms with Crippen LogP contribution in [-0.4, -0.2) is 43.6 Å². The number of halogens is 2. The molecule has 0 aliphatic heterocycles. The molecule has 0 saturated heterocycles. The molecule has 1 aromatic carbocycles. The molecule has 7 nitrogen and oxygen atoms in total. The number of aromatic nitrogens is 2. The summed E-state index contributed by atoms with van der Waals surface area (Å²) in [5.41, 5.74) is 0.129. The van der Waals surface area contributed by atoms with Crippen LogP contribution in [-0.2, 0) is 14.8 Å². The Morgan fingerprint density at radius 1 is 1.38 bits per heavy atom. The Kier molecular flexibility index (Phi) is 6.32. The maximum absolute atomic E-state index is 12.2. The molecule has 24 heavy (non-hydrogen) atoms. The van der Waals surface area contributed by atoms with E-state index in [0.29, 0.717) is 4.34 Å². The monoisotopic (exact) mass is 426 g/mol. The van der Waals surface area contributed by atoms with Gasteiger partial charge in [-0.05, 0) is 18.4 Å². The van der Waals surface area contributed by atoms with Gasteiger partial charge in [-0.1, -0.05) is 52.4 Å². The van der Waals surface area contributed by atoms with Crippen molar-refractivity contribution < 1.29 is 13.2 Å². The van der Waals surface area contributed by atoms with Crippen molar-refractivity contribution in [2.45, 2.75) is 4.34 Å². The first kappa shape index (κ1) is 19.3. The number of anilines is 2. The van der Waals surface area contributed by atoms with Crippen molar-refractivity contribution in [1.29, 1.82) is 0 Å². The molecule has 1 amide bonds. The van der Waals surface area contributed by atoms with E-state index in [4.69, 9.17) is 23.2 Å². The van der Waals surface area contributed by atoms with Gasteiger partial charge in [-0.15, -0.1) is 10.2 Å². The number of carbonyl (C=O) groups is 1. The fourth-order valence-electron chi connectivity index (χ4n) is 1.70. The van der Waals surface area contributed by atoms with Crippen LogP contribution in [0.15, 0.2) is 22.5 Å². The Balaban J connectivity index is 2.23. The second kappa shape index (κ2) is 7.87. The van der Waals surface area contributed by atoms with Crippen LogP contribution in [0.4, 0.5) is 10.8 Å². The molecule has 0 radical (unpaired) electrons. The minimum absolute atomic E-state index is 0.0537. The van der Waals surface area contributed by atoms with Crippen LogP contribution < -0.4 is 9.62 Å². The van der Waals surface area contributed by atoms with E-state index < -0.39 is 22.5 Å². The first-order valence-corrected chi connectivity index (χ1v) is 11.0. The zero-order chi connectivity index (χ0) is 17.9. The third kappa shape index (κ3) is 4.73. The maximum atomic E-state index is 12.2. The lowest BCUT2D eigenvalue weighted by molar-refractivity contribution is -0.114. The van der Waals surface area contributed by atoms with Gasteiger partial charge in [0.15, 0.2) is 4.34 Å². The molecule has 0 fully saturated rings. The number of nitrogens with one attached hydrogen (secondary N) is 1. The minimum atomic E-state index is -3.75. The SMILES string of the molecule is CSc1nnc(NC(=O)CN(c2cccc(Cl)c2Cl)S(C)(=O)=O)s1. The van der Waals surface area contributed by atoms with E-state index >= 15 is 0 Å². The number of thioether (sulfide) groups is 1. The summed E-state index contributed by atoms with van der Waals surface area (Å²) in [5.74, 6) is -0.569. The molecule has 0 unspecified atom stereocenters. The number of hydrogen-bond acceptors (Lipinski definition) is 7. The Morgan fingerprint density at radius 2 is 2.08 bits per heavy atom. The molecule has 1 N–H and O–H groups in total. The Bertz CT molecular complexity index is 857. The number of rotatable bonds is 6. The lowest BCUT2D eigenvalue weighted by Crippen LogP contribution is -2.37. The van der Waals surface area contributed by atoms with Gasteiger partial charge in [-0.2, -0.15) is 0 Å². The van der Waals surface area contributed by atoms with Gasteiger partial charge in [0.1, 0.15) is 6.54 Å². The average Bonchev–Trinajstić information content (AvgIpc) is 2.94. The molecule has 0 saturated carbocycles. The van der Waals surface area contributed by atoms with Gasteiger partial charge in [0.25, 0.3) is 0 Å². The Hall–Kier alpha value is -1.07. The van der Waals surface area contributed by atoms with Gasteiger partial charge >= 0.3 is 0 Å². The molecule has 130 valence electrons. The van der Waals surface area contributed by atoms with Gasteiger partial charge in [-0.25, -0.2) is 8.42 Å². The predicted molar refractivity (Wildman–Crippen MR) is 99.0 cm³/mol. The van der Waals surface area contributed by atoms with Crippen molar-refractivity contribution in [2.75, 3.05) is 28.7 Å². The van der Waals surface area contributed by atoms with Crippen LogP contribution in [0.2, 0.25) is 10.0 Å². The summed E-state index contributed by atoms with van der Waals surface area (Å²) in [6.07, 6.45) is 2.81. The van der Waals surface area contributed by atoms with Gasteiger partial charge in [-0.3, -0.25) is 14.4 Å². The third-order valence-corrected chi connectivity index (χ3v) is 6.46. The van der Waals surface area contributed by atoms with E-state index in [-0.39, 0.29) is 20.9 Å². The van der Waals surface area contributed by atoms with Gasteiger partial charge in [0.2, 0.25) is 21.1 Å². The summed E-state index contributed by atoms with van der Waals surface area (Å²) in [6, 6.07) is 4.55. The zero-order valence-electron chi connectivity index (χ0n) is 12.5. The van der Waals surface area contributed by atoms with Gasteiger partial charge in [0, 0.05) is 0 Å². The van der Waals surface area contributed by atoms with E-state index in [2.05, 4.69) is 15.5 Å². The summed E-state index contributed by atoms with van der Waals surface area (Å²) in [4.78, 5) is 12.2. The first-order valence-electron chi connectivity index (χ1n) is 6.31. The quantitative estimate of drug-likeness (QED) is 0.563. The highest BCUT2D eigenvalue weighted by atomic mass is 35.5. The second-order valence-corrected chi connectivity index (χ2v) is 9.19. The van der Waals surface area contributed by atoms with Gasteiger partial charge in [0.05, 0.1) is 22.0 Å². The van der Waals surface area contributed by atoms with Crippen LogP contribution in [0.25, 0.3) is 0 Å². The highest BCUT2D eigenvalue weighted by molar-refractivity contribution is 8.00. The van der Waals surface area contributed by atoms with Crippen LogP contribution in [0.5, 0.6) is 0 Å². The molecule has 0 spiro atoms. The molecule has 1 aromatic heterocycles. The predicted octanol–water partition coefficient (Wildman–Crippen LogP) is 2.97. The lowest BCUT2D eigenvalue weighted by Gasteiger charge is -2.22. The molecule has 0 aliphatic carbocycles. The topological polar surface area (TPSA) is 92.3 Å². The van der Waals surface area contributed by atoms with E-state index in [9.17, 15) is 13.2 Å². The largest absolute Gasteiger partial charge is 0.299 e. The smallest absolute Gasteiger partial charge is 0.246 e. The zero-order valence-corrected chi connectivity index (χ0v) is 16.4. The van der Waals surface area contributed by atoms with E-state index in [0.717, 1.165) is 10.6 Å². The minimum Gasteiger partial charge on any atom is -0.299 e. The summed E-state index contributed by atoms with van der Waals surface area (Å²) in [5, 5.41) is 10.7. The fourth-order valence-corrected chi connectivity index (χ4v) is 4.19. The maximum Gasteiger partial charge on any atom is 0.246 e. The number of nitrogens with zero attached hydrogens (tertiary/aromatic N) is 3. The highest BCUT2D eigenvalue weighted by Crippen LogP contribution is 2.33. The van der Waals surface area contributed by atoms with Crippen LogP contribution in [0.3, 0.4) is 0 Å². The van der Waals surface area contributed by atoms with E-state index in [1.807, 2.05) is 6.26 Å². The molecule has 0 atom stereocenters. The molecule has 12 heteroatoms. The average molecular weight is 427 g/mol. The lowest BCUT2D eigenvalue weighted by atomic mass is 10.3. The molecular formula is C12H12Cl2N4O3S3. The first-order chi connectivity index (χ1) is 11.2. The summed E-state index contributed by atoms with van der Waals surface area (Å²) >= 11 is 14.6. The Morgan fingerprint density at radius 3 is 2.67 bits per heavy atom. The fraction of sp³-hybridized carbons (Fsp3) is 0.250. The molecule has 2 aromatic rings. The number of amides is 1. The molecular weight excluding hydrogens is 415 g/mol. The van der Waals surface area contributed by atoms with Crippen molar-refractivity contribution >= 4 is 73.0 Å². The molecule has 1 heterocycles. The van der Waals surface area contributed by atoms with Crippen LogP contribution in [0.1, 0.15) is 0 Å². The van der Waals surface area contributed by atoms with E-state index in [1.54, 1.807) is 6.07 Å². The number of benzene rings is 1. The molecule has 0 bridgehead atoms. The number of sulfonamides is 1. The van der Waals surface area contributed by atoms with Crippen molar-refractivity contribution in [2.24, 2.45) is 0 Å². The van der Waals surface area contributed by atoms with Crippen molar-refractivity contribution in [3.05, 3.63) is 28.2 Å². The van der Waals surface area contributed by atoms with Crippen LogP contribution in [0, 0.1) is 0 Å². The number of carbonyl (C=O) groups excluding carboxylic acids is 1. The van der Waals surface area contributed by atoms with E-state index in [1.165, 1.54) is 35.2 Å². The second-order valence-electron chi connectivity index (χ2n) is 4.47. The van der Waals surface area contributed by atoms with Crippen LogP contribution >= 0.6 is 46.3 Å².